The third-order valence-corrected chi connectivity index (χ3v) is 2.34. The number of nitro benzene ring substituents is 1. The lowest BCUT2D eigenvalue weighted by molar-refractivity contribution is -0.384. The molecular weight excluding hydrogens is 246 g/mol. The molecule has 0 aliphatic carbocycles. The van der Waals surface area contributed by atoms with Crippen LogP contribution in [0.15, 0.2) is 24.3 Å². The van der Waals surface area contributed by atoms with Crippen LogP contribution in [0, 0.1) is 16.0 Å². The van der Waals surface area contributed by atoms with Crippen molar-refractivity contribution in [1.29, 1.82) is 0 Å². The average Bonchev–Trinajstić information content (AvgIpc) is 2.25. The van der Waals surface area contributed by atoms with E-state index in [9.17, 15) is 14.9 Å². The molecule has 0 N–H and O–H groups in total. The molecule has 0 amide bonds. The number of halogens is 1. The van der Waals surface area contributed by atoms with Crippen LogP contribution in [0.1, 0.15) is 13.8 Å². The fraction of sp³-hybridized carbons (Fsp3) is 0.364. The molecule has 1 atom stereocenters. The number of rotatable bonds is 5. The van der Waals surface area contributed by atoms with Crippen molar-refractivity contribution in [3.8, 4) is 5.75 Å². The summed E-state index contributed by atoms with van der Waals surface area (Å²) < 4.78 is 5.34. The van der Waals surface area contributed by atoms with E-state index in [0.717, 1.165) is 0 Å². The Morgan fingerprint density at radius 2 is 2.12 bits per heavy atom. The lowest BCUT2D eigenvalue weighted by Gasteiger charge is -2.18. The number of hydrogen-bond donors (Lipinski definition) is 0. The van der Waals surface area contributed by atoms with Crippen molar-refractivity contribution >= 4 is 22.5 Å². The summed E-state index contributed by atoms with van der Waals surface area (Å²) in [5.74, 6) is 0.145. The lowest BCUT2D eigenvalue weighted by Crippen LogP contribution is -2.29. The van der Waals surface area contributed by atoms with Crippen LogP contribution in [0.5, 0.6) is 5.75 Å². The minimum absolute atomic E-state index is 0.0907. The summed E-state index contributed by atoms with van der Waals surface area (Å²) in [6, 6.07) is 5.64. The summed E-state index contributed by atoms with van der Waals surface area (Å²) >= 11 is 5.39. The molecule has 0 fully saturated rings. The molecule has 0 heterocycles. The Kier molecular flexibility index (Phi) is 4.45. The van der Waals surface area contributed by atoms with Crippen LogP contribution in [0.3, 0.4) is 0 Å². The number of nitrogens with zero attached hydrogens (tertiary/aromatic N) is 1. The number of carbonyl (C=O) groups is 1. The summed E-state index contributed by atoms with van der Waals surface area (Å²) in [6.45, 7) is 3.56. The predicted molar refractivity (Wildman–Crippen MR) is 63.2 cm³/mol. The van der Waals surface area contributed by atoms with Crippen molar-refractivity contribution in [1.82, 2.24) is 0 Å². The Morgan fingerprint density at radius 1 is 1.47 bits per heavy atom. The van der Waals surface area contributed by atoms with Gasteiger partial charge in [0.15, 0.2) is 6.10 Å². The summed E-state index contributed by atoms with van der Waals surface area (Å²) in [5, 5.41) is 9.94. The van der Waals surface area contributed by atoms with Gasteiger partial charge in [0.25, 0.3) is 10.9 Å². The third-order valence-electron chi connectivity index (χ3n) is 2.12. The van der Waals surface area contributed by atoms with Crippen LogP contribution in [-0.2, 0) is 4.79 Å². The molecule has 5 nitrogen and oxygen atoms in total. The smallest absolute Gasteiger partial charge is 0.273 e. The Hall–Kier alpha value is -1.62. The molecule has 1 unspecified atom stereocenters. The summed E-state index contributed by atoms with van der Waals surface area (Å²) in [4.78, 5) is 21.2. The zero-order valence-electron chi connectivity index (χ0n) is 9.42. The van der Waals surface area contributed by atoms with Crippen molar-refractivity contribution in [3.63, 3.8) is 0 Å². The fourth-order valence-corrected chi connectivity index (χ4v) is 1.56. The second kappa shape index (κ2) is 5.63. The summed E-state index contributed by atoms with van der Waals surface area (Å²) in [5.41, 5.74) is -0.0907. The molecular formula is C11H12ClNO4. The number of ether oxygens (including phenoxy) is 1. The predicted octanol–water partition coefficient (Wildman–Crippen LogP) is 2.76. The van der Waals surface area contributed by atoms with E-state index in [1.54, 1.807) is 19.9 Å². The van der Waals surface area contributed by atoms with Gasteiger partial charge in [0, 0.05) is 6.07 Å². The molecule has 1 aromatic rings. The molecule has 1 aromatic carbocycles. The molecule has 6 heteroatoms. The molecule has 0 aliphatic heterocycles. The van der Waals surface area contributed by atoms with Gasteiger partial charge < -0.3 is 4.74 Å². The van der Waals surface area contributed by atoms with Gasteiger partial charge in [-0.05, 0) is 23.6 Å². The molecule has 0 saturated carbocycles. The lowest BCUT2D eigenvalue weighted by atomic mass is 10.1. The summed E-state index contributed by atoms with van der Waals surface area (Å²) in [7, 11) is 0. The highest BCUT2D eigenvalue weighted by atomic mass is 35.5. The molecule has 1 rings (SSSR count). The maximum atomic E-state index is 11.1. The number of nitro groups is 1. The van der Waals surface area contributed by atoms with E-state index in [2.05, 4.69) is 0 Å². The second-order valence-electron chi connectivity index (χ2n) is 3.84. The van der Waals surface area contributed by atoms with Crippen LogP contribution in [0.25, 0.3) is 0 Å². The van der Waals surface area contributed by atoms with Crippen molar-refractivity contribution in [2.45, 2.75) is 20.0 Å². The molecule has 0 bridgehead atoms. The quantitative estimate of drug-likeness (QED) is 0.462. The van der Waals surface area contributed by atoms with E-state index in [1.807, 2.05) is 0 Å². The van der Waals surface area contributed by atoms with E-state index in [0.29, 0.717) is 0 Å². The minimum atomic E-state index is -0.807. The number of hydrogen-bond acceptors (Lipinski definition) is 4. The summed E-state index contributed by atoms with van der Waals surface area (Å²) in [6.07, 6.45) is -0.807. The standard InChI is InChI=1S/C11H12ClNO4/c1-7(2)10(11(12)14)17-9-5-3-4-8(6-9)13(15)16/h3-7,10H,1-2H3. The molecule has 92 valence electrons. The Labute approximate surface area is 103 Å². The van der Waals surface area contributed by atoms with Gasteiger partial charge in [0.05, 0.1) is 11.0 Å². The largest absolute Gasteiger partial charge is 0.481 e. The first-order valence-corrected chi connectivity index (χ1v) is 5.40. The van der Waals surface area contributed by atoms with E-state index in [1.165, 1.54) is 18.2 Å². The van der Waals surface area contributed by atoms with Gasteiger partial charge in [0.2, 0.25) is 0 Å². The van der Waals surface area contributed by atoms with Gasteiger partial charge in [-0.3, -0.25) is 14.9 Å². The first-order valence-electron chi connectivity index (χ1n) is 5.02. The van der Waals surface area contributed by atoms with Crippen LogP contribution in [0.4, 0.5) is 5.69 Å². The van der Waals surface area contributed by atoms with Crippen LogP contribution < -0.4 is 4.74 Å². The van der Waals surface area contributed by atoms with Gasteiger partial charge in [-0.2, -0.15) is 0 Å². The van der Waals surface area contributed by atoms with Gasteiger partial charge in [-0.25, -0.2) is 0 Å². The monoisotopic (exact) mass is 257 g/mol. The molecule has 0 spiro atoms. The molecule has 0 aliphatic rings. The SMILES string of the molecule is CC(C)C(Oc1cccc([N+](=O)[O-])c1)C(=O)Cl. The fourth-order valence-electron chi connectivity index (χ4n) is 1.26. The van der Waals surface area contributed by atoms with Crippen LogP contribution in [0.2, 0.25) is 0 Å². The second-order valence-corrected chi connectivity index (χ2v) is 4.21. The van der Waals surface area contributed by atoms with E-state index in [4.69, 9.17) is 16.3 Å². The van der Waals surface area contributed by atoms with Gasteiger partial charge >= 0.3 is 0 Å². The van der Waals surface area contributed by atoms with Crippen molar-refractivity contribution in [2.24, 2.45) is 5.92 Å². The molecule has 17 heavy (non-hydrogen) atoms. The number of carbonyl (C=O) groups excluding carboxylic acids is 1. The maximum Gasteiger partial charge on any atom is 0.273 e. The maximum absolute atomic E-state index is 11.1. The number of benzene rings is 1. The average molecular weight is 258 g/mol. The van der Waals surface area contributed by atoms with Crippen molar-refractivity contribution < 1.29 is 14.5 Å². The molecule has 0 radical (unpaired) electrons. The normalized spacial score (nSPS) is 12.2. The Balaban J connectivity index is 2.90. The highest BCUT2D eigenvalue weighted by Gasteiger charge is 2.22. The Morgan fingerprint density at radius 3 is 2.59 bits per heavy atom. The highest BCUT2D eigenvalue weighted by Crippen LogP contribution is 2.22. The Bertz CT molecular complexity index is 433. The zero-order valence-corrected chi connectivity index (χ0v) is 10.2. The topological polar surface area (TPSA) is 69.4 Å². The van der Waals surface area contributed by atoms with Gasteiger partial charge in [-0.15, -0.1) is 0 Å². The minimum Gasteiger partial charge on any atom is -0.481 e. The first-order chi connectivity index (χ1) is 7.91. The van der Waals surface area contributed by atoms with E-state index >= 15 is 0 Å². The third kappa shape index (κ3) is 3.71. The number of non-ortho nitro benzene ring substituents is 1. The van der Waals surface area contributed by atoms with Gasteiger partial charge in [0.1, 0.15) is 5.75 Å². The zero-order chi connectivity index (χ0) is 13.0. The molecule has 0 saturated heterocycles. The van der Waals surface area contributed by atoms with Gasteiger partial charge in [-0.1, -0.05) is 19.9 Å². The van der Waals surface area contributed by atoms with Crippen LogP contribution >= 0.6 is 11.6 Å². The van der Waals surface area contributed by atoms with E-state index in [-0.39, 0.29) is 17.4 Å². The van der Waals surface area contributed by atoms with Crippen molar-refractivity contribution in [3.05, 3.63) is 34.4 Å². The molecule has 0 aromatic heterocycles. The van der Waals surface area contributed by atoms with Crippen LogP contribution in [-0.4, -0.2) is 16.3 Å². The van der Waals surface area contributed by atoms with Crippen molar-refractivity contribution in [2.75, 3.05) is 0 Å². The van der Waals surface area contributed by atoms with E-state index < -0.39 is 16.3 Å². The first kappa shape index (κ1) is 13.4. The highest BCUT2D eigenvalue weighted by molar-refractivity contribution is 6.64.